The van der Waals surface area contributed by atoms with Crippen LogP contribution in [-0.2, 0) is 6.42 Å². The van der Waals surface area contributed by atoms with Crippen LogP contribution in [-0.4, -0.2) is 27.1 Å². The van der Waals surface area contributed by atoms with Gasteiger partial charge in [0.25, 0.3) is 0 Å². The summed E-state index contributed by atoms with van der Waals surface area (Å²) >= 11 is 0. The molecule has 0 atom stereocenters. The molecule has 0 aliphatic rings. The molecule has 98 valence electrons. The van der Waals surface area contributed by atoms with Gasteiger partial charge in [0.1, 0.15) is 5.82 Å². The monoisotopic (exact) mass is 248 g/mol. The second-order valence-corrected chi connectivity index (χ2v) is 5.13. The molecule has 3 N–H and O–H groups in total. The van der Waals surface area contributed by atoms with Crippen LogP contribution in [0.4, 0.5) is 0 Å². The highest BCUT2D eigenvalue weighted by atomic mass is 16.5. The average Bonchev–Trinajstić information content (AvgIpc) is 2.68. The fourth-order valence-corrected chi connectivity index (χ4v) is 1.71. The number of nitrogens with zero attached hydrogens (tertiary/aromatic N) is 2. The number of aromatic amines is 1. The maximum Gasteiger partial charge on any atom is 0.215 e. The molecule has 0 unspecified atom stereocenters. The molecular weight excluding hydrogens is 228 g/mol. The van der Waals surface area contributed by atoms with Gasteiger partial charge in [0.15, 0.2) is 5.65 Å². The first-order valence-electron chi connectivity index (χ1n) is 6.25. The summed E-state index contributed by atoms with van der Waals surface area (Å²) in [5.74, 6) is 1.53. The van der Waals surface area contributed by atoms with E-state index in [1.54, 1.807) is 0 Å². The van der Waals surface area contributed by atoms with Gasteiger partial charge in [0.05, 0.1) is 12.1 Å². The lowest BCUT2D eigenvalue weighted by Crippen LogP contribution is -2.32. The highest BCUT2D eigenvalue weighted by molar-refractivity contribution is 5.71. The highest BCUT2D eigenvalue weighted by Crippen LogP contribution is 2.16. The van der Waals surface area contributed by atoms with Crippen LogP contribution < -0.4 is 10.5 Å². The Morgan fingerprint density at radius 2 is 2.11 bits per heavy atom. The van der Waals surface area contributed by atoms with Gasteiger partial charge in [-0.25, -0.2) is 4.98 Å². The molecule has 18 heavy (non-hydrogen) atoms. The molecule has 0 bridgehead atoms. The molecule has 5 heteroatoms. The van der Waals surface area contributed by atoms with E-state index < -0.39 is 0 Å². The van der Waals surface area contributed by atoms with Crippen molar-refractivity contribution in [3.8, 4) is 5.88 Å². The molecule has 0 aliphatic carbocycles. The second-order valence-electron chi connectivity index (χ2n) is 5.13. The van der Waals surface area contributed by atoms with Gasteiger partial charge >= 0.3 is 0 Å². The second kappa shape index (κ2) is 4.94. The zero-order chi connectivity index (χ0) is 13.2. The number of imidazole rings is 1. The van der Waals surface area contributed by atoms with E-state index >= 15 is 0 Å². The van der Waals surface area contributed by atoms with E-state index in [1.807, 2.05) is 32.9 Å². The number of fused-ring (bicyclic) bond motifs is 1. The molecule has 0 fully saturated rings. The van der Waals surface area contributed by atoms with Crippen LogP contribution in [0.25, 0.3) is 11.2 Å². The predicted molar refractivity (Wildman–Crippen MR) is 71.6 cm³/mol. The maximum absolute atomic E-state index is 5.96. The van der Waals surface area contributed by atoms with Crippen LogP contribution in [0.15, 0.2) is 12.1 Å². The quantitative estimate of drug-likeness (QED) is 0.848. The Hall–Kier alpha value is -1.62. The summed E-state index contributed by atoms with van der Waals surface area (Å²) in [7, 11) is 0. The van der Waals surface area contributed by atoms with E-state index in [0.29, 0.717) is 18.1 Å². The van der Waals surface area contributed by atoms with Crippen molar-refractivity contribution in [2.24, 2.45) is 5.73 Å². The Morgan fingerprint density at radius 1 is 1.33 bits per heavy atom. The average molecular weight is 248 g/mol. The number of ether oxygens (including phenoxy) is 1. The normalized spacial score (nSPS) is 12.0. The summed E-state index contributed by atoms with van der Waals surface area (Å²) in [6, 6.07) is 3.79. The van der Waals surface area contributed by atoms with E-state index in [4.69, 9.17) is 10.5 Å². The minimum atomic E-state index is -0.178. The molecule has 0 radical (unpaired) electrons. The number of nitrogens with one attached hydrogen (secondary N) is 1. The van der Waals surface area contributed by atoms with E-state index in [-0.39, 0.29) is 5.54 Å². The maximum atomic E-state index is 5.96. The standard InChI is InChI=1S/C13H20N4O/c1-4-18-11-6-5-9-12(17-11)16-10(15-9)7-8-13(2,3)14/h5-6H,4,7-8,14H2,1-3H3,(H,15,16,17). The van der Waals surface area contributed by atoms with Crippen LogP contribution in [0.2, 0.25) is 0 Å². The summed E-state index contributed by atoms with van der Waals surface area (Å²) in [4.78, 5) is 12.0. The van der Waals surface area contributed by atoms with Gasteiger partial charge in [-0.05, 0) is 33.3 Å². The van der Waals surface area contributed by atoms with Gasteiger partial charge < -0.3 is 15.5 Å². The lowest BCUT2D eigenvalue weighted by molar-refractivity contribution is 0.328. The van der Waals surface area contributed by atoms with Gasteiger partial charge in [-0.15, -0.1) is 0 Å². The molecule has 0 aromatic carbocycles. The van der Waals surface area contributed by atoms with Crippen LogP contribution in [0, 0.1) is 0 Å². The molecule has 2 aromatic rings. The number of aryl methyl sites for hydroxylation is 1. The molecule has 0 aliphatic heterocycles. The van der Waals surface area contributed by atoms with Gasteiger partial charge in [0.2, 0.25) is 5.88 Å². The Morgan fingerprint density at radius 3 is 2.78 bits per heavy atom. The molecule has 0 spiro atoms. The number of rotatable bonds is 5. The number of hydrogen-bond donors (Lipinski definition) is 2. The Balaban J connectivity index is 2.16. The van der Waals surface area contributed by atoms with Gasteiger partial charge in [-0.2, -0.15) is 4.98 Å². The van der Waals surface area contributed by atoms with Crippen LogP contribution in [0.3, 0.4) is 0 Å². The van der Waals surface area contributed by atoms with E-state index in [2.05, 4.69) is 15.0 Å². The zero-order valence-electron chi connectivity index (χ0n) is 11.2. The van der Waals surface area contributed by atoms with Crippen LogP contribution in [0.5, 0.6) is 5.88 Å². The number of pyridine rings is 1. The third-order valence-corrected chi connectivity index (χ3v) is 2.67. The summed E-state index contributed by atoms with van der Waals surface area (Å²) in [6.45, 7) is 6.57. The first-order chi connectivity index (χ1) is 8.48. The molecule has 0 saturated heterocycles. The highest BCUT2D eigenvalue weighted by Gasteiger charge is 2.12. The fourth-order valence-electron chi connectivity index (χ4n) is 1.71. The van der Waals surface area contributed by atoms with Gasteiger partial charge in [-0.3, -0.25) is 0 Å². The van der Waals surface area contributed by atoms with E-state index in [1.165, 1.54) is 0 Å². The lowest BCUT2D eigenvalue weighted by Gasteiger charge is -2.16. The molecule has 0 saturated carbocycles. The van der Waals surface area contributed by atoms with Crippen molar-refractivity contribution in [1.29, 1.82) is 0 Å². The van der Waals surface area contributed by atoms with E-state index in [0.717, 1.165) is 24.2 Å². The van der Waals surface area contributed by atoms with E-state index in [9.17, 15) is 0 Å². The molecule has 0 amide bonds. The summed E-state index contributed by atoms with van der Waals surface area (Å²) < 4.78 is 5.35. The first kappa shape index (κ1) is 12.8. The third-order valence-electron chi connectivity index (χ3n) is 2.67. The SMILES string of the molecule is CCOc1ccc2[nH]c(CCC(C)(C)N)nc2n1. The largest absolute Gasteiger partial charge is 0.478 e. The van der Waals surface area contributed by atoms with Crippen LogP contribution in [0.1, 0.15) is 33.0 Å². The zero-order valence-corrected chi connectivity index (χ0v) is 11.2. The molecule has 2 aromatic heterocycles. The Bertz CT molecular complexity index is 527. The minimum Gasteiger partial charge on any atom is -0.478 e. The first-order valence-corrected chi connectivity index (χ1v) is 6.25. The summed E-state index contributed by atoms with van der Waals surface area (Å²) in [5.41, 5.74) is 7.42. The lowest BCUT2D eigenvalue weighted by atomic mass is 10.0. The third kappa shape index (κ3) is 3.20. The van der Waals surface area contributed by atoms with Crippen molar-refractivity contribution in [3.63, 3.8) is 0 Å². The predicted octanol–water partition coefficient (Wildman–Crippen LogP) is 2.03. The van der Waals surface area contributed by atoms with Crippen molar-refractivity contribution in [3.05, 3.63) is 18.0 Å². The van der Waals surface area contributed by atoms with Gasteiger partial charge in [0, 0.05) is 18.0 Å². The van der Waals surface area contributed by atoms with Gasteiger partial charge in [-0.1, -0.05) is 0 Å². The van der Waals surface area contributed by atoms with Crippen molar-refractivity contribution in [2.45, 2.75) is 39.2 Å². The topological polar surface area (TPSA) is 76.8 Å². The van der Waals surface area contributed by atoms with Crippen molar-refractivity contribution in [2.75, 3.05) is 6.61 Å². The van der Waals surface area contributed by atoms with Crippen LogP contribution >= 0.6 is 0 Å². The van der Waals surface area contributed by atoms with Crippen molar-refractivity contribution >= 4 is 11.2 Å². The Kier molecular flexibility index (Phi) is 3.52. The minimum absolute atomic E-state index is 0.178. The molecule has 2 rings (SSSR count). The molecule has 2 heterocycles. The number of nitrogens with two attached hydrogens (primary N) is 1. The summed E-state index contributed by atoms with van der Waals surface area (Å²) in [5, 5.41) is 0. The molecular formula is C13H20N4O. The molecule has 5 nitrogen and oxygen atoms in total. The van der Waals surface area contributed by atoms with Crippen molar-refractivity contribution < 1.29 is 4.74 Å². The Labute approximate surface area is 107 Å². The fraction of sp³-hybridized carbons (Fsp3) is 0.538. The van der Waals surface area contributed by atoms with Crippen molar-refractivity contribution in [1.82, 2.24) is 15.0 Å². The number of hydrogen-bond acceptors (Lipinski definition) is 4. The smallest absolute Gasteiger partial charge is 0.215 e. The number of H-pyrrole nitrogens is 1. The summed E-state index contributed by atoms with van der Waals surface area (Å²) in [6.07, 6.45) is 1.70. The number of aromatic nitrogens is 3.